The Kier molecular flexibility index (Phi) is 6.91. The van der Waals surface area contributed by atoms with Gasteiger partial charge < -0.3 is 35.9 Å². The van der Waals surface area contributed by atoms with Gasteiger partial charge in [-0.15, -0.1) is 0 Å². The molecule has 1 aromatic carbocycles. The van der Waals surface area contributed by atoms with Crippen LogP contribution >= 0.6 is 0 Å². The van der Waals surface area contributed by atoms with E-state index >= 15 is 0 Å². The van der Waals surface area contributed by atoms with Crippen molar-refractivity contribution in [3.8, 4) is 5.75 Å². The van der Waals surface area contributed by atoms with Crippen LogP contribution in [0.1, 0.15) is 37.0 Å². The summed E-state index contributed by atoms with van der Waals surface area (Å²) in [6.45, 7) is 6.16. The maximum absolute atomic E-state index is 11.7. The fraction of sp³-hybridized carbons (Fsp3) is 0.500. The maximum Gasteiger partial charge on any atom is 0.254 e. The molecule has 0 radical (unpaired) electrons. The lowest BCUT2D eigenvalue weighted by atomic mass is 10.2. The number of fused-ring (bicyclic) bond motifs is 1. The van der Waals surface area contributed by atoms with Crippen LogP contribution in [0.4, 0.5) is 23.1 Å². The molecule has 0 spiro atoms. The van der Waals surface area contributed by atoms with Crippen molar-refractivity contribution in [2.75, 3.05) is 42.3 Å². The molecule has 5 N–H and O–H groups in total. The van der Waals surface area contributed by atoms with E-state index in [-0.39, 0.29) is 17.8 Å². The number of nitrogens with one attached hydrogen (secondary N) is 3. The van der Waals surface area contributed by atoms with Crippen molar-refractivity contribution in [3.63, 3.8) is 0 Å². The summed E-state index contributed by atoms with van der Waals surface area (Å²) < 4.78 is 17.3. The first-order valence-corrected chi connectivity index (χ1v) is 10.9. The lowest BCUT2D eigenvalue weighted by molar-refractivity contribution is -0.0207. The predicted molar refractivity (Wildman–Crippen MR) is 122 cm³/mol. The van der Waals surface area contributed by atoms with Crippen molar-refractivity contribution in [1.29, 1.82) is 0 Å². The SMILES string of the molecule is CC(C)OCCO[C@H]1CNc2cc(Nc3ncc(C(N)=O)c(NC4CC4)n3)ccc2OC1. The lowest BCUT2D eigenvalue weighted by Gasteiger charge is -2.16. The molecule has 32 heavy (non-hydrogen) atoms. The average molecular weight is 443 g/mol. The first kappa shape index (κ1) is 22.1. The molecular weight excluding hydrogens is 412 g/mol. The van der Waals surface area contributed by atoms with E-state index in [0.717, 1.165) is 30.0 Å². The van der Waals surface area contributed by atoms with Gasteiger partial charge >= 0.3 is 0 Å². The highest BCUT2D eigenvalue weighted by atomic mass is 16.6. The van der Waals surface area contributed by atoms with Crippen LogP contribution < -0.4 is 26.4 Å². The van der Waals surface area contributed by atoms with Crippen LogP contribution in [0.3, 0.4) is 0 Å². The van der Waals surface area contributed by atoms with Crippen LogP contribution in [-0.2, 0) is 9.47 Å². The van der Waals surface area contributed by atoms with Crippen LogP contribution in [0.15, 0.2) is 24.4 Å². The first-order chi connectivity index (χ1) is 15.5. The molecule has 1 aliphatic carbocycles. The van der Waals surface area contributed by atoms with Gasteiger partial charge in [-0.25, -0.2) is 4.98 Å². The Labute approximate surface area is 187 Å². The number of ether oxygens (including phenoxy) is 3. The van der Waals surface area contributed by atoms with E-state index in [1.807, 2.05) is 32.0 Å². The zero-order valence-corrected chi connectivity index (χ0v) is 18.4. The number of anilines is 4. The topological polar surface area (TPSA) is 133 Å². The second-order valence-electron chi connectivity index (χ2n) is 8.18. The third-order valence-electron chi connectivity index (χ3n) is 5.04. The molecule has 1 fully saturated rings. The third kappa shape index (κ3) is 5.98. The number of rotatable bonds is 10. The molecule has 2 aromatic rings. The number of hydrogen-bond acceptors (Lipinski definition) is 9. The summed E-state index contributed by atoms with van der Waals surface area (Å²) in [5.41, 5.74) is 7.37. The molecule has 0 unspecified atom stereocenters. The van der Waals surface area contributed by atoms with Crippen LogP contribution in [0.5, 0.6) is 5.75 Å². The Hall–Kier alpha value is -3.11. The highest BCUT2D eigenvalue weighted by Crippen LogP contribution is 2.31. The monoisotopic (exact) mass is 442 g/mol. The van der Waals surface area contributed by atoms with E-state index in [0.29, 0.717) is 44.2 Å². The van der Waals surface area contributed by atoms with Gasteiger partial charge in [0.25, 0.3) is 5.91 Å². The molecule has 10 nitrogen and oxygen atoms in total. The normalized spacial score (nSPS) is 17.7. The van der Waals surface area contributed by atoms with Crippen LogP contribution in [0.25, 0.3) is 0 Å². The minimum Gasteiger partial charge on any atom is -0.489 e. The molecule has 1 atom stereocenters. The summed E-state index contributed by atoms with van der Waals surface area (Å²) in [5.74, 6) is 1.02. The smallest absolute Gasteiger partial charge is 0.254 e. The summed E-state index contributed by atoms with van der Waals surface area (Å²) in [4.78, 5) is 20.4. The highest BCUT2D eigenvalue weighted by Gasteiger charge is 2.24. The van der Waals surface area contributed by atoms with E-state index < -0.39 is 5.91 Å². The van der Waals surface area contributed by atoms with Gasteiger partial charge in [-0.1, -0.05) is 0 Å². The van der Waals surface area contributed by atoms with Crippen molar-refractivity contribution in [1.82, 2.24) is 9.97 Å². The second kappa shape index (κ2) is 10.0. The van der Waals surface area contributed by atoms with E-state index in [1.165, 1.54) is 6.20 Å². The van der Waals surface area contributed by atoms with Gasteiger partial charge in [0.2, 0.25) is 5.95 Å². The number of benzene rings is 1. The zero-order chi connectivity index (χ0) is 22.5. The molecule has 0 saturated heterocycles. The fourth-order valence-corrected chi connectivity index (χ4v) is 3.23. The molecule has 1 aromatic heterocycles. The van der Waals surface area contributed by atoms with Crippen LogP contribution in [0, 0.1) is 0 Å². The van der Waals surface area contributed by atoms with Gasteiger partial charge in [0, 0.05) is 24.5 Å². The number of nitrogens with two attached hydrogens (primary N) is 1. The quantitative estimate of drug-likeness (QED) is 0.410. The van der Waals surface area contributed by atoms with Gasteiger partial charge in [0.1, 0.15) is 24.3 Å². The maximum atomic E-state index is 11.7. The van der Waals surface area contributed by atoms with Crippen molar-refractivity contribution in [2.45, 2.75) is 44.9 Å². The molecule has 10 heteroatoms. The lowest BCUT2D eigenvalue weighted by Crippen LogP contribution is -2.29. The van der Waals surface area contributed by atoms with Gasteiger partial charge in [0.15, 0.2) is 0 Å². The van der Waals surface area contributed by atoms with Crippen LogP contribution in [0.2, 0.25) is 0 Å². The van der Waals surface area contributed by atoms with Gasteiger partial charge in [0.05, 0.1) is 30.6 Å². The summed E-state index contributed by atoms with van der Waals surface area (Å²) in [5, 5.41) is 9.79. The summed E-state index contributed by atoms with van der Waals surface area (Å²) in [6, 6.07) is 6.03. The van der Waals surface area contributed by atoms with Crippen molar-refractivity contribution in [2.24, 2.45) is 5.73 Å². The summed E-state index contributed by atoms with van der Waals surface area (Å²) >= 11 is 0. The highest BCUT2D eigenvalue weighted by molar-refractivity contribution is 5.97. The molecule has 2 aliphatic rings. The van der Waals surface area contributed by atoms with Gasteiger partial charge in [-0.2, -0.15) is 4.98 Å². The second-order valence-corrected chi connectivity index (χ2v) is 8.18. The molecule has 1 amide bonds. The number of amides is 1. The van der Waals surface area contributed by atoms with Crippen LogP contribution in [-0.4, -0.2) is 60.5 Å². The number of hydrogen-bond donors (Lipinski definition) is 4. The number of nitrogens with zero attached hydrogens (tertiary/aromatic N) is 2. The number of carbonyl (C=O) groups excluding carboxylic acids is 1. The molecule has 1 saturated carbocycles. The van der Waals surface area contributed by atoms with E-state index in [4.69, 9.17) is 19.9 Å². The Morgan fingerprint density at radius 3 is 2.94 bits per heavy atom. The first-order valence-electron chi connectivity index (χ1n) is 10.9. The average Bonchev–Trinajstić information content (AvgIpc) is 3.58. The number of carbonyl (C=O) groups is 1. The third-order valence-corrected chi connectivity index (χ3v) is 5.04. The fourth-order valence-electron chi connectivity index (χ4n) is 3.23. The zero-order valence-electron chi connectivity index (χ0n) is 18.4. The number of aromatic nitrogens is 2. The van der Waals surface area contributed by atoms with Crippen molar-refractivity contribution >= 4 is 29.0 Å². The minimum atomic E-state index is -0.557. The molecule has 4 rings (SSSR count). The molecule has 1 aliphatic heterocycles. The Balaban J connectivity index is 1.38. The Morgan fingerprint density at radius 2 is 2.19 bits per heavy atom. The Morgan fingerprint density at radius 1 is 1.34 bits per heavy atom. The molecular formula is C22H30N6O4. The van der Waals surface area contributed by atoms with E-state index in [9.17, 15) is 4.79 Å². The van der Waals surface area contributed by atoms with Gasteiger partial charge in [-0.05, 0) is 44.9 Å². The van der Waals surface area contributed by atoms with Crippen molar-refractivity contribution < 1.29 is 19.0 Å². The van der Waals surface area contributed by atoms with Gasteiger partial charge in [-0.3, -0.25) is 4.79 Å². The van der Waals surface area contributed by atoms with E-state index in [2.05, 4.69) is 25.9 Å². The minimum absolute atomic E-state index is 0.0738. The standard InChI is InChI=1S/C22H30N6O4/c1-13(2)30-7-8-31-16-10-24-18-9-15(5-6-19(18)32-12-16)27-22-25-11-17(20(23)29)21(28-22)26-14-3-4-14/h5-6,9,11,13-14,16,24H,3-4,7-8,10,12H2,1-2H3,(H2,23,29)(H2,25,26,27,28)/t16-/m0/s1. The molecule has 172 valence electrons. The predicted octanol–water partition coefficient (Wildman–Crippen LogP) is 2.51. The summed E-state index contributed by atoms with van der Waals surface area (Å²) in [7, 11) is 0. The summed E-state index contributed by atoms with van der Waals surface area (Å²) in [6.07, 6.45) is 3.66. The molecule has 0 bridgehead atoms. The van der Waals surface area contributed by atoms with E-state index in [1.54, 1.807) is 0 Å². The Bertz CT molecular complexity index is 950. The number of primary amides is 1. The van der Waals surface area contributed by atoms with Crippen molar-refractivity contribution in [3.05, 3.63) is 30.0 Å². The largest absolute Gasteiger partial charge is 0.489 e. The molecule has 2 heterocycles.